The van der Waals surface area contributed by atoms with Gasteiger partial charge in [0, 0.05) is 4.91 Å². The SMILES string of the molecule is COC(=O)/C(C#N)=C(/N=[N+]=[N-])NC(CO)C(=O)OC. The summed E-state index contributed by atoms with van der Waals surface area (Å²) in [5, 5.41) is 23.1. The number of azide groups is 1. The van der Waals surface area contributed by atoms with Crippen LogP contribution in [-0.2, 0) is 19.1 Å². The molecule has 102 valence electrons. The lowest BCUT2D eigenvalue weighted by molar-refractivity contribution is -0.144. The molecule has 0 spiro atoms. The molecule has 10 heteroatoms. The molecule has 0 aliphatic heterocycles. The highest BCUT2D eigenvalue weighted by Crippen LogP contribution is 2.07. The van der Waals surface area contributed by atoms with E-state index in [2.05, 4.69) is 24.8 Å². The van der Waals surface area contributed by atoms with Crippen LogP contribution >= 0.6 is 0 Å². The number of carbonyl (C=O) groups is 2. The summed E-state index contributed by atoms with van der Waals surface area (Å²) in [6.45, 7) is -0.697. The van der Waals surface area contributed by atoms with Crippen molar-refractivity contribution in [2.45, 2.75) is 6.04 Å². The van der Waals surface area contributed by atoms with E-state index in [1.54, 1.807) is 0 Å². The van der Waals surface area contributed by atoms with Crippen LogP contribution in [0.4, 0.5) is 0 Å². The summed E-state index contributed by atoms with van der Waals surface area (Å²) in [5.74, 6) is -2.46. The van der Waals surface area contributed by atoms with Crippen LogP contribution < -0.4 is 5.32 Å². The van der Waals surface area contributed by atoms with E-state index < -0.39 is 36.0 Å². The molecule has 0 fully saturated rings. The maximum absolute atomic E-state index is 11.3. The minimum absolute atomic E-state index is 0.540. The van der Waals surface area contributed by atoms with Crippen molar-refractivity contribution in [3.63, 3.8) is 0 Å². The van der Waals surface area contributed by atoms with Gasteiger partial charge in [-0.2, -0.15) is 5.26 Å². The smallest absolute Gasteiger partial charge is 0.350 e. The van der Waals surface area contributed by atoms with Crippen LogP contribution in [0.15, 0.2) is 16.5 Å². The first-order valence-corrected chi connectivity index (χ1v) is 4.78. The number of nitrogens with zero attached hydrogens (tertiary/aromatic N) is 4. The van der Waals surface area contributed by atoms with E-state index in [9.17, 15) is 9.59 Å². The van der Waals surface area contributed by atoms with Crippen molar-refractivity contribution in [2.75, 3.05) is 20.8 Å². The summed E-state index contributed by atoms with van der Waals surface area (Å²) in [6.07, 6.45) is 0. The first-order valence-electron chi connectivity index (χ1n) is 4.78. The van der Waals surface area contributed by atoms with E-state index in [1.807, 2.05) is 0 Å². The molecule has 19 heavy (non-hydrogen) atoms. The average Bonchev–Trinajstić information content (AvgIpc) is 2.43. The van der Waals surface area contributed by atoms with E-state index in [1.165, 1.54) is 6.07 Å². The number of hydrogen-bond acceptors (Lipinski definition) is 8. The highest BCUT2D eigenvalue weighted by atomic mass is 16.5. The van der Waals surface area contributed by atoms with Gasteiger partial charge in [-0.25, -0.2) is 9.59 Å². The molecule has 0 aromatic heterocycles. The Morgan fingerprint density at radius 2 is 2.16 bits per heavy atom. The molecule has 0 rings (SSSR count). The van der Waals surface area contributed by atoms with Crippen LogP contribution in [0.1, 0.15) is 0 Å². The van der Waals surface area contributed by atoms with E-state index in [4.69, 9.17) is 15.9 Å². The Bertz CT molecular complexity index is 474. The molecule has 1 unspecified atom stereocenters. The Morgan fingerprint density at radius 1 is 1.53 bits per heavy atom. The molecule has 0 bridgehead atoms. The Labute approximate surface area is 107 Å². The molecule has 0 aliphatic rings. The highest BCUT2D eigenvalue weighted by Gasteiger charge is 2.22. The van der Waals surface area contributed by atoms with Crippen LogP contribution in [0.2, 0.25) is 0 Å². The third-order valence-corrected chi connectivity index (χ3v) is 1.86. The summed E-state index contributed by atoms with van der Waals surface area (Å²) < 4.78 is 8.68. The van der Waals surface area contributed by atoms with E-state index in [0.29, 0.717) is 0 Å². The minimum atomic E-state index is -1.29. The number of aliphatic hydroxyl groups excluding tert-OH is 1. The number of hydrogen-bond donors (Lipinski definition) is 2. The minimum Gasteiger partial charge on any atom is -0.467 e. The Kier molecular flexibility index (Phi) is 7.14. The van der Waals surface area contributed by atoms with Gasteiger partial charge in [-0.3, -0.25) is 0 Å². The summed E-state index contributed by atoms with van der Waals surface area (Å²) >= 11 is 0. The fraction of sp³-hybridized carbons (Fsp3) is 0.444. The van der Waals surface area contributed by atoms with Crippen molar-refractivity contribution in [2.24, 2.45) is 5.11 Å². The second kappa shape index (κ2) is 8.35. The van der Waals surface area contributed by atoms with Crippen LogP contribution in [-0.4, -0.2) is 43.9 Å². The van der Waals surface area contributed by atoms with E-state index in [0.717, 1.165) is 14.2 Å². The zero-order valence-corrected chi connectivity index (χ0v) is 10.2. The summed E-state index contributed by atoms with van der Waals surface area (Å²) in [6, 6.07) is 0.175. The van der Waals surface area contributed by atoms with Gasteiger partial charge in [-0.15, -0.1) is 0 Å². The lowest BCUT2D eigenvalue weighted by Crippen LogP contribution is -2.40. The maximum Gasteiger partial charge on any atom is 0.350 e. The molecule has 0 radical (unpaired) electrons. The topological polar surface area (TPSA) is 157 Å². The van der Waals surface area contributed by atoms with Gasteiger partial charge in [0.15, 0.2) is 5.57 Å². The van der Waals surface area contributed by atoms with Crippen molar-refractivity contribution in [1.82, 2.24) is 5.32 Å². The molecule has 2 N–H and O–H groups in total. The Balaban J connectivity index is 5.49. The third-order valence-electron chi connectivity index (χ3n) is 1.86. The van der Waals surface area contributed by atoms with Gasteiger partial charge in [0.1, 0.15) is 17.9 Å². The normalized spacial score (nSPS) is 12.1. The second-order valence-corrected chi connectivity index (χ2v) is 2.92. The monoisotopic (exact) mass is 269 g/mol. The fourth-order valence-electron chi connectivity index (χ4n) is 0.979. The van der Waals surface area contributed by atoms with Gasteiger partial charge in [-0.1, -0.05) is 0 Å². The predicted molar refractivity (Wildman–Crippen MR) is 59.8 cm³/mol. The van der Waals surface area contributed by atoms with Gasteiger partial charge in [-0.05, 0) is 10.6 Å². The molecule has 0 saturated heterocycles. The Hall–Kier alpha value is -2.76. The lowest BCUT2D eigenvalue weighted by Gasteiger charge is -2.15. The van der Waals surface area contributed by atoms with Crippen molar-refractivity contribution < 1.29 is 24.2 Å². The molecule has 0 saturated carbocycles. The third kappa shape index (κ3) is 4.55. The molecule has 0 aromatic carbocycles. The molecular weight excluding hydrogens is 258 g/mol. The average molecular weight is 269 g/mol. The second-order valence-electron chi connectivity index (χ2n) is 2.92. The zero-order chi connectivity index (χ0) is 14.8. The molecule has 10 nitrogen and oxygen atoms in total. The lowest BCUT2D eigenvalue weighted by atomic mass is 10.2. The number of nitriles is 1. The first-order chi connectivity index (χ1) is 9.05. The number of esters is 2. The standard InChI is InChI=1S/C9H11N5O5/c1-18-8(16)5(3-10)7(13-14-11)12-6(4-15)9(17)19-2/h6,12,15H,4H2,1-2H3/b7-5+. The number of carbonyl (C=O) groups excluding carboxylic acids is 2. The largest absolute Gasteiger partial charge is 0.467 e. The van der Waals surface area contributed by atoms with Gasteiger partial charge >= 0.3 is 11.9 Å². The van der Waals surface area contributed by atoms with Crippen molar-refractivity contribution in [3.05, 3.63) is 21.8 Å². The van der Waals surface area contributed by atoms with Crippen molar-refractivity contribution >= 4 is 11.9 Å². The molecular formula is C9H11N5O5. The number of aliphatic hydroxyl groups is 1. The Morgan fingerprint density at radius 3 is 2.53 bits per heavy atom. The zero-order valence-electron chi connectivity index (χ0n) is 10.2. The molecule has 0 aromatic rings. The summed E-state index contributed by atoms with van der Waals surface area (Å²) in [7, 11) is 2.10. The maximum atomic E-state index is 11.3. The summed E-state index contributed by atoms with van der Waals surface area (Å²) in [4.78, 5) is 24.9. The number of rotatable bonds is 6. The van der Waals surface area contributed by atoms with Crippen LogP contribution in [0.3, 0.4) is 0 Å². The quantitative estimate of drug-likeness (QED) is 0.161. The van der Waals surface area contributed by atoms with E-state index in [-0.39, 0.29) is 0 Å². The molecule has 1 atom stereocenters. The van der Waals surface area contributed by atoms with Crippen LogP contribution in [0.5, 0.6) is 0 Å². The number of methoxy groups -OCH3 is 2. The first kappa shape index (κ1) is 16.2. The van der Waals surface area contributed by atoms with Gasteiger partial charge < -0.3 is 19.9 Å². The highest BCUT2D eigenvalue weighted by molar-refractivity contribution is 5.93. The van der Waals surface area contributed by atoms with Crippen molar-refractivity contribution in [1.29, 1.82) is 5.26 Å². The van der Waals surface area contributed by atoms with Gasteiger partial charge in [0.25, 0.3) is 0 Å². The van der Waals surface area contributed by atoms with Crippen LogP contribution in [0.25, 0.3) is 10.4 Å². The van der Waals surface area contributed by atoms with E-state index >= 15 is 0 Å². The molecule has 0 aliphatic carbocycles. The number of nitrogens with one attached hydrogen (secondary N) is 1. The number of ether oxygens (including phenoxy) is 2. The molecule has 0 heterocycles. The van der Waals surface area contributed by atoms with Gasteiger partial charge in [0.2, 0.25) is 0 Å². The van der Waals surface area contributed by atoms with Crippen LogP contribution in [0, 0.1) is 11.3 Å². The predicted octanol–water partition coefficient (Wildman–Crippen LogP) is -0.672. The summed E-state index contributed by atoms with van der Waals surface area (Å²) in [5.41, 5.74) is 7.72. The van der Waals surface area contributed by atoms with Gasteiger partial charge in [0.05, 0.1) is 20.8 Å². The molecule has 0 amide bonds. The van der Waals surface area contributed by atoms with Crippen molar-refractivity contribution in [3.8, 4) is 6.07 Å². The fourth-order valence-corrected chi connectivity index (χ4v) is 0.979.